The highest BCUT2D eigenvalue weighted by atomic mass is 16.2. The molecule has 0 aromatic heterocycles. The predicted molar refractivity (Wildman–Crippen MR) is 78.7 cm³/mol. The Hall–Kier alpha value is -1.32. The molecule has 3 atom stereocenters. The van der Waals surface area contributed by atoms with Crippen molar-refractivity contribution < 1.29 is 9.59 Å². The molecule has 1 saturated carbocycles. The van der Waals surface area contributed by atoms with Gasteiger partial charge in [-0.1, -0.05) is 25.5 Å². The molecule has 0 aromatic carbocycles. The van der Waals surface area contributed by atoms with Gasteiger partial charge in [-0.2, -0.15) is 0 Å². The van der Waals surface area contributed by atoms with Gasteiger partial charge in [0.1, 0.15) is 0 Å². The second-order valence-electron chi connectivity index (χ2n) is 7.09. The number of primary amides is 1. The van der Waals surface area contributed by atoms with Crippen molar-refractivity contribution >= 4 is 11.8 Å². The zero-order valence-corrected chi connectivity index (χ0v) is 13.0. The van der Waals surface area contributed by atoms with Crippen molar-refractivity contribution in [3.05, 3.63) is 11.6 Å². The number of hydrogen-bond donors (Lipinski definition) is 1. The molecule has 2 rings (SSSR count). The second kappa shape index (κ2) is 5.23. The van der Waals surface area contributed by atoms with Gasteiger partial charge in [0, 0.05) is 13.1 Å². The topological polar surface area (TPSA) is 63.4 Å². The van der Waals surface area contributed by atoms with E-state index >= 15 is 0 Å². The monoisotopic (exact) mass is 278 g/mol. The first-order valence-electron chi connectivity index (χ1n) is 7.48. The van der Waals surface area contributed by atoms with Crippen molar-refractivity contribution in [3.8, 4) is 0 Å². The molecule has 2 N–H and O–H groups in total. The van der Waals surface area contributed by atoms with E-state index in [1.165, 1.54) is 5.57 Å². The third-order valence-corrected chi connectivity index (χ3v) is 4.83. The molecule has 0 unspecified atom stereocenters. The summed E-state index contributed by atoms with van der Waals surface area (Å²) >= 11 is 0. The van der Waals surface area contributed by atoms with Crippen molar-refractivity contribution in [3.63, 3.8) is 0 Å². The quantitative estimate of drug-likeness (QED) is 0.802. The number of carbonyl (C=O) groups is 2. The lowest BCUT2D eigenvalue weighted by atomic mass is 9.96. The van der Waals surface area contributed by atoms with Crippen LogP contribution in [0.1, 0.15) is 40.5 Å². The first kappa shape index (κ1) is 15.1. The molecule has 20 heavy (non-hydrogen) atoms. The van der Waals surface area contributed by atoms with Crippen LogP contribution in [0.2, 0.25) is 0 Å². The number of nitrogens with two attached hydrogens (primary N) is 1. The maximum atomic E-state index is 12.7. The first-order valence-corrected chi connectivity index (χ1v) is 7.48. The highest BCUT2D eigenvalue weighted by Crippen LogP contribution is 2.60. The van der Waals surface area contributed by atoms with Gasteiger partial charge in [-0.05, 0) is 38.0 Å². The molecule has 2 fully saturated rings. The largest absolute Gasteiger partial charge is 0.369 e. The summed E-state index contributed by atoms with van der Waals surface area (Å²) in [5.41, 5.74) is 6.67. The van der Waals surface area contributed by atoms with Gasteiger partial charge in [0.2, 0.25) is 11.8 Å². The van der Waals surface area contributed by atoms with Gasteiger partial charge in [-0.15, -0.1) is 0 Å². The van der Waals surface area contributed by atoms with E-state index in [1.54, 1.807) is 0 Å². The Labute approximate surface area is 121 Å². The molecule has 1 aliphatic carbocycles. The third-order valence-electron chi connectivity index (χ3n) is 4.83. The van der Waals surface area contributed by atoms with Gasteiger partial charge in [0.05, 0.1) is 11.8 Å². The first-order chi connectivity index (χ1) is 9.25. The highest BCUT2D eigenvalue weighted by molar-refractivity contribution is 5.85. The van der Waals surface area contributed by atoms with E-state index in [0.717, 1.165) is 19.4 Å². The Balaban J connectivity index is 2.05. The minimum atomic E-state index is -0.279. The number of hydrogen-bond acceptors (Lipinski definition) is 2. The molecule has 0 radical (unpaired) electrons. The summed E-state index contributed by atoms with van der Waals surface area (Å²) in [6.07, 6.45) is 3.89. The normalized spacial score (nSPS) is 31.6. The van der Waals surface area contributed by atoms with Gasteiger partial charge in [0.25, 0.3) is 0 Å². The summed E-state index contributed by atoms with van der Waals surface area (Å²) < 4.78 is 0. The Morgan fingerprint density at radius 1 is 1.30 bits per heavy atom. The smallest absolute Gasteiger partial charge is 0.226 e. The van der Waals surface area contributed by atoms with Crippen LogP contribution in [-0.2, 0) is 9.59 Å². The van der Waals surface area contributed by atoms with Crippen LogP contribution in [0.15, 0.2) is 11.6 Å². The minimum Gasteiger partial charge on any atom is -0.369 e. The molecule has 1 aliphatic heterocycles. The molecule has 1 saturated heterocycles. The maximum absolute atomic E-state index is 12.7. The number of carbonyl (C=O) groups excluding carboxylic acids is 2. The summed E-state index contributed by atoms with van der Waals surface area (Å²) in [6, 6.07) is 0. The zero-order chi connectivity index (χ0) is 15.1. The SMILES string of the molecule is CC(C)=C[C@@H]1[C@@H](C(=O)N2CCC[C@H](C(N)=O)C2)C1(C)C. The summed E-state index contributed by atoms with van der Waals surface area (Å²) in [4.78, 5) is 25.9. The van der Waals surface area contributed by atoms with Gasteiger partial charge in [0.15, 0.2) is 0 Å². The van der Waals surface area contributed by atoms with Gasteiger partial charge in [-0.25, -0.2) is 0 Å². The van der Waals surface area contributed by atoms with Crippen molar-refractivity contribution in [2.45, 2.75) is 40.5 Å². The summed E-state index contributed by atoms with van der Waals surface area (Å²) in [7, 11) is 0. The summed E-state index contributed by atoms with van der Waals surface area (Å²) in [5, 5.41) is 0. The van der Waals surface area contributed by atoms with Crippen LogP contribution in [0, 0.1) is 23.2 Å². The fourth-order valence-electron chi connectivity index (χ4n) is 3.43. The van der Waals surface area contributed by atoms with Crippen LogP contribution < -0.4 is 5.73 Å². The Morgan fingerprint density at radius 3 is 2.50 bits per heavy atom. The summed E-state index contributed by atoms with van der Waals surface area (Å²) in [6.45, 7) is 9.70. The van der Waals surface area contributed by atoms with Crippen LogP contribution in [0.5, 0.6) is 0 Å². The lowest BCUT2D eigenvalue weighted by Crippen LogP contribution is -2.45. The Bertz CT molecular complexity index is 449. The van der Waals surface area contributed by atoms with E-state index in [9.17, 15) is 9.59 Å². The zero-order valence-electron chi connectivity index (χ0n) is 13.0. The van der Waals surface area contributed by atoms with E-state index in [2.05, 4.69) is 33.8 Å². The molecule has 2 amide bonds. The van der Waals surface area contributed by atoms with Crippen LogP contribution in [0.4, 0.5) is 0 Å². The van der Waals surface area contributed by atoms with Gasteiger partial charge < -0.3 is 10.6 Å². The van der Waals surface area contributed by atoms with Gasteiger partial charge in [-0.3, -0.25) is 9.59 Å². The fraction of sp³-hybridized carbons (Fsp3) is 0.750. The number of rotatable bonds is 3. The van der Waals surface area contributed by atoms with Crippen molar-refractivity contribution in [2.24, 2.45) is 28.9 Å². The molecule has 4 heteroatoms. The molecule has 2 aliphatic rings. The lowest BCUT2D eigenvalue weighted by Gasteiger charge is -2.31. The van der Waals surface area contributed by atoms with Crippen LogP contribution in [0.25, 0.3) is 0 Å². The van der Waals surface area contributed by atoms with E-state index in [-0.39, 0.29) is 29.1 Å². The van der Waals surface area contributed by atoms with Crippen molar-refractivity contribution in [1.82, 2.24) is 4.90 Å². The highest BCUT2D eigenvalue weighted by Gasteiger charge is 2.61. The maximum Gasteiger partial charge on any atom is 0.226 e. The average molecular weight is 278 g/mol. The number of amides is 2. The third kappa shape index (κ3) is 2.74. The number of nitrogens with zero attached hydrogens (tertiary/aromatic N) is 1. The Kier molecular flexibility index (Phi) is 3.94. The van der Waals surface area contributed by atoms with Crippen LogP contribution >= 0.6 is 0 Å². The predicted octanol–water partition coefficient (Wildman–Crippen LogP) is 1.95. The Morgan fingerprint density at radius 2 is 1.95 bits per heavy atom. The standard InChI is InChI=1S/C16H26N2O2/c1-10(2)8-12-13(16(12,3)4)15(20)18-7-5-6-11(9-18)14(17)19/h8,11-13H,5-7,9H2,1-4H3,(H2,17,19)/t11-,12+,13-/m0/s1. The molecule has 4 nitrogen and oxygen atoms in total. The molecular weight excluding hydrogens is 252 g/mol. The van der Waals surface area contributed by atoms with Crippen molar-refractivity contribution in [1.29, 1.82) is 0 Å². The van der Waals surface area contributed by atoms with E-state index < -0.39 is 0 Å². The van der Waals surface area contributed by atoms with Crippen LogP contribution in [0.3, 0.4) is 0 Å². The molecular formula is C16H26N2O2. The molecule has 0 spiro atoms. The average Bonchev–Trinajstić information content (AvgIpc) is 2.89. The number of allylic oxidation sites excluding steroid dienone is 2. The van der Waals surface area contributed by atoms with E-state index in [0.29, 0.717) is 12.5 Å². The van der Waals surface area contributed by atoms with E-state index in [4.69, 9.17) is 5.73 Å². The molecule has 1 heterocycles. The number of likely N-dealkylation sites (tertiary alicyclic amines) is 1. The molecule has 112 valence electrons. The minimum absolute atomic E-state index is 0.0357. The second-order valence-corrected chi connectivity index (χ2v) is 7.09. The summed E-state index contributed by atoms with van der Waals surface area (Å²) in [5.74, 6) is 0.135. The molecule has 0 bridgehead atoms. The van der Waals surface area contributed by atoms with Crippen LogP contribution in [-0.4, -0.2) is 29.8 Å². The van der Waals surface area contributed by atoms with Crippen molar-refractivity contribution in [2.75, 3.05) is 13.1 Å². The van der Waals surface area contributed by atoms with E-state index in [1.807, 2.05) is 4.90 Å². The molecule has 0 aromatic rings. The van der Waals surface area contributed by atoms with Gasteiger partial charge >= 0.3 is 0 Å². The lowest BCUT2D eigenvalue weighted by molar-refractivity contribution is -0.136. The fourth-order valence-corrected chi connectivity index (χ4v) is 3.43. The number of piperidine rings is 1.